The summed E-state index contributed by atoms with van der Waals surface area (Å²) in [6.45, 7) is 4.45. The summed E-state index contributed by atoms with van der Waals surface area (Å²) in [6.07, 6.45) is 4.69. The first kappa shape index (κ1) is 10.6. The largest absolute Gasteiger partial charge is 0.165 e. The number of rotatable bonds is 5. The lowest BCUT2D eigenvalue weighted by atomic mass is 9.91. The van der Waals surface area contributed by atoms with Crippen LogP contribution in [0.15, 0.2) is 0 Å². The second kappa shape index (κ2) is 5.31. The van der Waals surface area contributed by atoms with E-state index in [-0.39, 0.29) is 0 Å². The molecule has 0 bridgehead atoms. The molecule has 62 valence electrons. The number of halogens is 1. The average molecular weight is 181 g/mol. The van der Waals surface area contributed by atoms with Crippen molar-refractivity contribution in [3.8, 4) is 0 Å². The van der Waals surface area contributed by atoms with Crippen LogP contribution in [-0.4, -0.2) is 17.9 Å². The van der Waals surface area contributed by atoms with Crippen molar-refractivity contribution in [2.45, 2.75) is 26.7 Å². The number of thioether (sulfide) groups is 1. The molecule has 0 heterocycles. The summed E-state index contributed by atoms with van der Waals surface area (Å²) in [6, 6.07) is 0. The summed E-state index contributed by atoms with van der Waals surface area (Å²) in [5, 5.41) is 0. The normalized spacial score (nSPS) is 12.0. The van der Waals surface area contributed by atoms with Crippen LogP contribution in [0.4, 0.5) is 0 Å². The quantitative estimate of drug-likeness (QED) is 0.462. The van der Waals surface area contributed by atoms with Crippen LogP contribution in [0.25, 0.3) is 0 Å². The molecule has 0 fully saturated rings. The first-order chi connectivity index (χ1) is 4.62. The van der Waals surface area contributed by atoms with E-state index < -0.39 is 0 Å². The fourth-order valence-electron chi connectivity index (χ4n) is 0.762. The van der Waals surface area contributed by atoms with E-state index in [9.17, 15) is 0 Å². The van der Waals surface area contributed by atoms with Gasteiger partial charge in [-0.2, -0.15) is 11.8 Å². The van der Waals surface area contributed by atoms with E-state index in [0.29, 0.717) is 5.41 Å². The highest BCUT2D eigenvalue weighted by Gasteiger charge is 2.14. The van der Waals surface area contributed by atoms with Gasteiger partial charge >= 0.3 is 0 Å². The Labute approximate surface area is 73.7 Å². The third-order valence-corrected chi connectivity index (χ3v) is 2.98. The fourth-order valence-corrected chi connectivity index (χ4v) is 1.33. The third-order valence-electron chi connectivity index (χ3n) is 1.56. The van der Waals surface area contributed by atoms with E-state index in [4.69, 9.17) is 11.6 Å². The zero-order valence-electron chi connectivity index (χ0n) is 7.11. The Balaban J connectivity index is 3.28. The molecular weight excluding hydrogens is 164 g/mol. The van der Waals surface area contributed by atoms with Crippen molar-refractivity contribution in [1.29, 1.82) is 0 Å². The maximum atomic E-state index is 5.77. The van der Waals surface area contributed by atoms with Crippen molar-refractivity contribution in [2.24, 2.45) is 5.41 Å². The molecule has 0 rings (SSSR count). The van der Waals surface area contributed by atoms with Gasteiger partial charge in [0.15, 0.2) is 0 Å². The molecule has 2 heteroatoms. The van der Waals surface area contributed by atoms with Crippen molar-refractivity contribution in [2.75, 3.05) is 17.9 Å². The third kappa shape index (κ3) is 5.43. The van der Waals surface area contributed by atoms with Gasteiger partial charge in [-0.15, -0.1) is 11.6 Å². The van der Waals surface area contributed by atoms with Gasteiger partial charge in [-0.3, -0.25) is 0 Å². The van der Waals surface area contributed by atoms with Crippen LogP contribution >= 0.6 is 23.4 Å². The molecule has 10 heavy (non-hydrogen) atoms. The first-order valence-corrected chi connectivity index (χ1v) is 5.60. The average Bonchev–Trinajstić information content (AvgIpc) is 1.89. The van der Waals surface area contributed by atoms with Crippen LogP contribution in [0, 0.1) is 5.41 Å². The molecule has 0 nitrogen and oxygen atoms in total. The van der Waals surface area contributed by atoms with Crippen LogP contribution in [-0.2, 0) is 0 Å². The van der Waals surface area contributed by atoms with Crippen molar-refractivity contribution in [1.82, 2.24) is 0 Å². The van der Waals surface area contributed by atoms with Gasteiger partial charge < -0.3 is 0 Å². The van der Waals surface area contributed by atoms with E-state index in [1.807, 2.05) is 11.8 Å². The summed E-state index contributed by atoms with van der Waals surface area (Å²) in [4.78, 5) is 0. The Morgan fingerprint density at radius 1 is 1.40 bits per heavy atom. The molecule has 0 amide bonds. The van der Waals surface area contributed by atoms with Crippen molar-refractivity contribution < 1.29 is 0 Å². The first-order valence-electron chi connectivity index (χ1n) is 3.67. The number of alkyl halides is 1. The predicted octanol–water partition coefficient (Wildman–Crippen LogP) is 3.39. The van der Waals surface area contributed by atoms with E-state index >= 15 is 0 Å². The number of hydrogen-bond acceptors (Lipinski definition) is 1. The Morgan fingerprint density at radius 2 is 2.00 bits per heavy atom. The minimum atomic E-state index is 0.345. The molecule has 0 unspecified atom stereocenters. The second-order valence-electron chi connectivity index (χ2n) is 3.39. The lowest BCUT2D eigenvalue weighted by Crippen LogP contribution is -2.13. The molecule has 0 aliphatic heterocycles. The summed E-state index contributed by atoms with van der Waals surface area (Å²) >= 11 is 7.68. The second-order valence-corrected chi connectivity index (χ2v) is 4.65. The van der Waals surface area contributed by atoms with Crippen LogP contribution in [0.5, 0.6) is 0 Å². The molecule has 0 saturated heterocycles. The minimum Gasteiger partial charge on any atom is -0.165 e. The number of hydrogen-bond donors (Lipinski definition) is 0. The van der Waals surface area contributed by atoms with Crippen molar-refractivity contribution >= 4 is 23.4 Å². The van der Waals surface area contributed by atoms with E-state index in [1.165, 1.54) is 18.6 Å². The summed E-state index contributed by atoms with van der Waals surface area (Å²) in [7, 11) is 0. The molecule has 0 aromatic heterocycles. The lowest BCUT2D eigenvalue weighted by Gasteiger charge is -2.20. The van der Waals surface area contributed by atoms with E-state index in [2.05, 4.69) is 20.1 Å². The van der Waals surface area contributed by atoms with Gasteiger partial charge in [0.05, 0.1) is 0 Å². The summed E-state index contributed by atoms with van der Waals surface area (Å²) in [5.41, 5.74) is 0.345. The van der Waals surface area contributed by atoms with Gasteiger partial charge in [-0.05, 0) is 30.3 Å². The zero-order valence-corrected chi connectivity index (χ0v) is 8.69. The molecule has 0 radical (unpaired) electrons. The highest BCUT2D eigenvalue weighted by molar-refractivity contribution is 7.98. The Hall–Kier alpha value is 0.640. The van der Waals surface area contributed by atoms with Gasteiger partial charge in [0.1, 0.15) is 0 Å². The molecule has 0 aromatic rings. The molecule has 0 aliphatic carbocycles. The highest BCUT2D eigenvalue weighted by atomic mass is 35.5. The standard InChI is InChI=1S/C8H17ClS/c1-8(2,7-9)5-4-6-10-3/h4-7H2,1-3H3. The molecule has 0 aliphatic rings. The monoisotopic (exact) mass is 180 g/mol. The Bertz CT molecular complexity index is 81.3. The van der Waals surface area contributed by atoms with Crippen molar-refractivity contribution in [3.05, 3.63) is 0 Å². The maximum absolute atomic E-state index is 5.77. The zero-order chi connectivity index (χ0) is 8.04. The van der Waals surface area contributed by atoms with Crippen LogP contribution in [0.1, 0.15) is 26.7 Å². The van der Waals surface area contributed by atoms with Gasteiger partial charge in [-0.1, -0.05) is 13.8 Å². The van der Waals surface area contributed by atoms with Crippen LogP contribution in [0.3, 0.4) is 0 Å². The topological polar surface area (TPSA) is 0 Å². The maximum Gasteiger partial charge on any atom is 0.0274 e. The van der Waals surface area contributed by atoms with Gasteiger partial charge in [0.25, 0.3) is 0 Å². The van der Waals surface area contributed by atoms with Crippen LogP contribution in [0.2, 0.25) is 0 Å². The fraction of sp³-hybridized carbons (Fsp3) is 1.00. The Kier molecular flexibility index (Phi) is 5.65. The molecular formula is C8H17ClS. The molecule has 0 saturated carbocycles. The minimum absolute atomic E-state index is 0.345. The summed E-state index contributed by atoms with van der Waals surface area (Å²) in [5.74, 6) is 2.04. The van der Waals surface area contributed by atoms with Crippen LogP contribution < -0.4 is 0 Å². The predicted molar refractivity (Wildman–Crippen MR) is 52.1 cm³/mol. The molecule has 0 N–H and O–H groups in total. The van der Waals surface area contributed by atoms with Gasteiger partial charge in [0.2, 0.25) is 0 Å². The lowest BCUT2D eigenvalue weighted by molar-refractivity contribution is 0.381. The summed E-state index contributed by atoms with van der Waals surface area (Å²) < 4.78 is 0. The molecule has 0 aromatic carbocycles. The molecule has 0 atom stereocenters. The van der Waals surface area contributed by atoms with Gasteiger partial charge in [-0.25, -0.2) is 0 Å². The molecule has 0 spiro atoms. The SMILES string of the molecule is CSCCCC(C)(C)CCl. The van der Waals surface area contributed by atoms with Gasteiger partial charge in [0, 0.05) is 5.88 Å². The van der Waals surface area contributed by atoms with E-state index in [1.54, 1.807) is 0 Å². The Morgan fingerprint density at radius 3 is 2.40 bits per heavy atom. The van der Waals surface area contributed by atoms with Crippen molar-refractivity contribution in [3.63, 3.8) is 0 Å². The van der Waals surface area contributed by atoms with E-state index in [0.717, 1.165) is 5.88 Å². The smallest absolute Gasteiger partial charge is 0.0274 e. The highest BCUT2D eigenvalue weighted by Crippen LogP contribution is 2.24.